The van der Waals surface area contributed by atoms with E-state index in [0.29, 0.717) is 18.3 Å². The number of fused-ring (bicyclic) bond motifs is 1. The van der Waals surface area contributed by atoms with Crippen LogP contribution in [-0.2, 0) is 6.54 Å². The lowest BCUT2D eigenvalue weighted by molar-refractivity contribution is 0.495. The molecule has 0 atom stereocenters. The lowest BCUT2D eigenvalue weighted by atomic mass is 10.1. The van der Waals surface area contributed by atoms with E-state index in [0.717, 1.165) is 54.3 Å². The van der Waals surface area contributed by atoms with Gasteiger partial charge in [-0.3, -0.25) is 0 Å². The predicted octanol–water partition coefficient (Wildman–Crippen LogP) is 2.59. The number of anilines is 3. The summed E-state index contributed by atoms with van der Waals surface area (Å²) in [5, 5.41) is 8.16. The maximum absolute atomic E-state index is 6.13. The summed E-state index contributed by atoms with van der Waals surface area (Å²) in [6, 6.07) is 6.43. The van der Waals surface area contributed by atoms with E-state index in [1.165, 1.54) is 0 Å². The molecule has 5 heterocycles. The molecule has 0 bridgehead atoms. The molecule has 11 nitrogen and oxygen atoms in total. The van der Waals surface area contributed by atoms with Crippen LogP contribution in [0.2, 0.25) is 0 Å². The Bertz CT molecular complexity index is 1300. The molecule has 11 heteroatoms. The Morgan fingerprint density at radius 1 is 1.14 bits per heavy atom. The molecule has 0 aliphatic carbocycles. The second-order valence-electron chi connectivity index (χ2n) is 9.47. The Labute approximate surface area is 205 Å². The van der Waals surface area contributed by atoms with Crippen LogP contribution in [0.1, 0.15) is 38.3 Å². The summed E-state index contributed by atoms with van der Waals surface area (Å²) < 4.78 is 3.89. The van der Waals surface area contributed by atoms with Gasteiger partial charge in [0.2, 0.25) is 5.95 Å². The fourth-order valence-corrected chi connectivity index (χ4v) is 4.27. The van der Waals surface area contributed by atoms with Crippen LogP contribution in [0.4, 0.5) is 17.6 Å². The van der Waals surface area contributed by atoms with Crippen LogP contribution in [-0.4, -0.2) is 67.5 Å². The van der Waals surface area contributed by atoms with Gasteiger partial charge in [0.05, 0.1) is 6.33 Å². The van der Waals surface area contributed by atoms with Crippen molar-refractivity contribution in [1.82, 2.24) is 34.3 Å². The van der Waals surface area contributed by atoms with Crippen LogP contribution >= 0.6 is 0 Å². The molecule has 1 aliphatic rings. The largest absolute Gasteiger partial charge is 0.364 e. The maximum Gasteiger partial charge on any atom is 0.229 e. The van der Waals surface area contributed by atoms with E-state index in [1.807, 2.05) is 49.7 Å². The van der Waals surface area contributed by atoms with Gasteiger partial charge in [-0.2, -0.15) is 9.97 Å². The minimum absolute atomic E-state index is 0.237. The zero-order valence-electron chi connectivity index (χ0n) is 20.8. The van der Waals surface area contributed by atoms with Gasteiger partial charge in [-0.1, -0.05) is 6.07 Å². The zero-order valence-corrected chi connectivity index (χ0v) is 20.8. The van der Waals surface area contributed by atoms with Gasteiger partial charge in [0, 0.05) is 69.8 Å². The van der Waals surface area contributed by atoms with E-state index in [4.69, 9.17) is 15.7 Å². The Morgan fingerprint density at radius 2 is 1.94 bits per heavy atom. The van der Waals surface area contributed by atoms with E-state index in [2.05, 4.69) is 43.7 Å². The molecule has 184 valence electrons. The first-order chi connectivity index (χ1) is 16.9. The molecule has 0 spiro atoms. The van der Waals surface area contributed by atoms with E-state index in [9.17, 15) is 0 Å². The Hall–Kier alpha value is -3.73. The lowest BCUT2D eigenvalue weighted by Gasteiger charge is -2.30. The van der Waals surface area contributed by atoms with Crippen molar-refractivity contribution in [3.05, 3.63) is 42.5 Å². The predicted molar refractivity (Wildman–Crippen MR) is 138 cm³/mol. The Balaban J connectivity index is 1.47. The van der Waals surface area contributed by atoms with Crippen molar-refractivity contribution in [2.45, 2.75) is 45.3 Å². The molecular formula is C24H33N11. The second-order valence-corrected chi connectivity index (χ2v) is 9.47. The molecule has 1 fully saturated rings. The molecule has 0 unspecified atom stereocenters. The van der Waals surface area contributed by atoms with Crippen LogP contribution in [0.15, 0.2) is 36.9 Å². The van der Waals surface area contributed by atoms with Crippen molar-refractivity contribution in [3.63, 3.8) is 0 Å². The molecule has 1 saturated heterocycles. The SMILES string of the molecule is CC(C)n1cnc2c(NCc3cccnc3-n3ccc(N(C)C)n3)nc(N3CCC(N)CC3)nc21. The zero-order chi connectivity index (χ0) is 24.5. The number of aromatic nitrogens is 7. The Kier molecular flexibility index (Phi) is 6.25. The van der Waals surface area contributed by atoms with Crippen LogP contribution in [0, 0.1) is 0 Å². The summed E-state index contributed by atoms with van der Waals surface area (Å²) in [6.45, 7) is 6.48. The smallest absolute Gasteiger partial charge is 0.229 e. The summed E-state index contributed by atoms with van der Waals surface area (Å²) in [6.07, 6.45) is 7.42. The third kappa shape index (κ3) is 4.63. The maximum atomic E-state index is 6.13. The van der Waals surface area contributed by atoms with E-state index in [-0.39, 0.29) is 12.1 Å². The molecule has 5 rings (SSSR count). The number of nitrogens with two attached hydrogens (primary N) is 1. The van der Waals surface area contributed by atoms with Gasteiger partial charge in [-0.15, -0.1) is 5.10 Å². The van der Waals surface area contributed by atoms with Crippen molar-refractivity contribution < 1.29 is 0 Å². The summed E-state index contributed by atoms with van der Waals surface area (Å²) in [5.41, 5.74) is 8.72. The first-order valence-corrected chi connectivity index (χ1v) is 12.1. The number of nitrogens with one attached hydrogen (secondary N) is 1. The molecule has 0 aromatic carbocycles. The van der Waals surface area contributed by atoms with Gasteiger partial charge < -0.3 is 25.4 Å². The third-order valence-corrected chi connectivity index (χ3v) is 6.35. The number of imidazole rings is 1. The van der Waals surface area contributed by atoms with Crippen LogP contribution in [0.3, 0.4) is 0 Å². The van der Waals surface area contributed by atoms with Crippen LogP contribution in [0.5, 0.6) is 0 Å². The Morgan fingerprint density at radius 3 is 2.66 bits per heavy atom. The summed E-state index contributed by atoms with van der Waals surface area (Å²) >= 11 is 0. The van der Waals surface area contributed by atoms with Crippen molar-refractivity contribution in [3.8, 4) is 5.82 Å². The summed E-state index contributed by atoms with van der Waals surface area (Å²) in [5.74, 6) is 3.07. The van der Waals surface area contributed by atoms with E-state index >= 15 is 0 Å². The fourth-order valence-electron chi connectivity index (χ4n) is 4.27. The normalized spacial score (nSPS) is 14.7. The van der Waals surface area contributed by atoms with E-state index < -0.39 is 0 Å². The fraction of sp³-hybridized carbons (Fsp3) is 0.458. The molecule has 0 radical (unpaired) electrons. The number of nitrogens with zero attached hydrogens (tertiary/aromatic N) is 9. The monoisotopic (exact) mass is 475 g/mol. The molecule has 35 heavy (non-hydrogen) atoms. The number of hydrogen-bond donors (Lipinski definition) is 2. The first kappa shape index (κ1) is 23.0. The number of piperidine rings is 1. The second kappa shape index (κ2) is 9.49. The number of rotatable bonds is 7. The highest BCUT2D eigenvalue weighted by molar-refractivity contribution is 5.84. The topological polar surface area (TPSA) is 119 Å². The molecular weight excluding hydrogens is 442 g/mol. The minimum atomic E-state index is 0.237. The van der Waals surface area contributed by atoms with E-state index in [1.54, 1.807) is 10.9 Å². The number of pyridine rings is 1. The molecule has 0 saturated carbocycles. The molecule has 1 aliphatic heterocycles. The highest BCUT2D eigenvalue weighted by atomic mass is 15.4. The van der Waals surface area contributed by atoms with Crippen LogP contribution < -0.4 is 20.9 Å². The van der Waals surface area contributed by atoms with Gasteiger partial charge in [-0.05, 0) is 32.8 Å². The van der Waals surface area contributed by atoms with Crippen molar-refractivity contribution in [1.29, 1.82) is 0 Å². The van der Waals surface area contributed by atoms with Gasteiger partial charge >= 0.3 is 0 Å². The molecule has 0 amide bonds. The highest BCUT2D eigenvalue weighted by Crippen LogP contribution is 2.27. The summed E-state index contributed by atoms with van der Waals surface area (Å²) in [7, 11) is 3.94. The average molecular weight is 476 g/mol. The van der Waals surface area contributed by atoms with Crippen molar-refractivity contribution in [2.24, 2.45) is 5.73 Å². The first-order valence-electron chi connectivity index (χ1n) is 12.1. The quantitative estimate of drug-likeness (QED) is 0.416. The van der Waals surface area contributed by atoms with Gasteiger partial charge in [0.1, 0.15) is 0 Å². The van der Waals surface area contributed by atoms with Crippen LogP contribution in [0.25, 0.3) is 17.0 Å². The van der Waals surface area contributed by atoms with Gasteiger partial charge in [0.15, 0.2) is 28.6 Å². The lowest BCUT2D eigenvalue weighted by Crippen LogP contribution is -2.40. The summed E-state index contributed by atoms with van der Waals surface area (Å²) in [4.78, 5) is 23.2. The van der Waals surface area contributed by atoms with Crippen molar-refractivity contribution in [2.75, 3.05) is 42.3 Å². The minimum Gasteiger partial charge on any atom is -0.364 e. The van der Waals surface area contributed by atoms with Gasteiger partial charge in [-0.25, -0.2) is 14.6 Å². The molecule has 3 N–H and O–H groups in total. The van der Waals surface area contributed by atoms with Gasteiger partial charge in [0.25, 0.3) is 0 Å². The third-order valence-electron chi connectivity index (χ3n) is 6.35. The van der Waals surface area contributed by atoms with Crippen molar-refractivity contribution >= 4 is 28.7 Å². The molecule has 4 aromatic heterocycles. The molecule has 4 aromatic rings. The standard InChI is InChI=1S/C24H33N11/c1-16(2)34-15-28-20-21(29-24(30-23(20)34)33-11-7-18(25)8-12-33)27-14-17-6-5-10-26-22(17)35-13-9-19(31-35)32(3)4/h5-6,9-10,13,15-16,18H,7-8,11-12,14,25H2,1-4H3,(H,27,29,30). The average Bonchev–Trinajstić information content (AvgIpc) is 3.51. The number of hydrogen-bond acceptors (Lipinski definition) is 9. The highest BCUT2D eigenvalue weighted by Gasteiger charge is 2.22.